The Morgan fingerprint density at radius 1 is 1.12 bits per heavy atom. The van der Waals surface area contributed by atoms with E-state index in [1.54, 1.807) is 0 Å². The average Bonchev–Trinajstić information content (AvgIpc) is 2.32. The molecule has 0 aliphatic carbocycles. The minimum Gasteiger partial charge on any atom is -0.261 e. The van der Waals surface area contributed by atoms with Gasteiger partial charge in [-0.2, -0.15) is 0 Å². The first-order valence-electron chi connectivity index (χ1n) is 6.64. The van der Waals surface area contributed by atoms with Crippen LogP contribution in [-0.4, -0.2) is 6.21 Å². The second-order valence-corrected chi connectivity index (χ2v) is 4.45. The van der Waals surface area contributed by atoms with Crippen molar-refractivity contribution in [2.75, 3.05) is 0 Å². The normalized spacial score (nSPS) is 12.7. The minimum absolute atomic E-state index is 1.00. The van der Waals surface area contributed by atoms with Gasteiger partial charge >= 0.3 is 0 Å². The summed E-state index contributed by atoms with van der Waals surface area (Å²) in [5.74, 6) is 0. The van der Waals surface area contributed by atoms with Crippen LogP contribution in [0.4, 0.5) is 0 Å². The van der Waals surface area contributed by atoms with Crippen LogP contribution in [0.15, 0.2) is 40.6 Å². The molecule has 0 aliphatic heterocycles. The summed E-state index contributed by atoms with van der Waals surface area (Å²) in [6.07, 6.45) is 7.47. The Kier molecular flexibility index (Phi) is 8.39. The molecule has 0 fully saturated rings. The van der Waals surface area contributed by atoms with Crippen LogP contribution in [0, 0.1) is 0 Å². The van der Waals surface area contributed by atoms with E-state index in [4.69, 9.17) is 0 Å². The van der Waals surface area contributed by atoms with E-state index in [9.17, 15) is 0 Å². The lowest BCUT2D eigenvalue weighted by Crippen LogP contribution is -1.95. The maximum atomic E-state index is 4.47. The lowest BCUT2D eigenvalue weighted by Gasteiger charge is -2.12. The highest BCUT2D eigenvalue weighted by atomic mass is 14.7. The number of rotatable bonds is 8. The third kappa shape index (κ3) is 5.67. The van der Waals surface area contributed by atoms with Crippen LogP contribution in [-0.2, 0) is 0 Å². The Morgan fingerprint density at radius 3 is 2.24 bits per heavy atom. The summed E-state index contributed by atoms with van der Waals surface area (Å²) in [5, 5.41) is 0. The van der Waals surface area contributed by atoms with Gasteiger partial charge < -0.3 is 0 Å². The smallest absolute Gasteiger partial charge is 0.0683 e. The molecule has 1 heteroatoms. The van der Waals surface area contributed by atoms with Gasteiger partial charge in [-0.3, -0.25) is 4.99 Å². The van der Waals surface area contributed by atoms with Gasteiger partial charge in [0.1, 0.15) is 0 Å². The third-order valence-electron chi connectivity index (χ3n) is 2.83. The Labute approximate surface area is 107 Å². The number of unbranched alkanes of at least 4 members (excludes halogenated alkanes) is 1. The maximum Gasteiger partial charge on any atom is 0.0683 e. The van der Waals surface area contributed by atoms with Crippen molar-refractivity contribution >= 4 is 6.21 Å². The Hall–Kier alpha value is -1.11. The molecule has 1 nitrogen and oxygen atoms in total. The Bertz CT molecular complexity index is 318. The van der Waals surface area contributed by atoms with Crippen LogP contribution in [0.3, 0.4) is 0 Å². The largest absolute Gasteiger partial charge is 0.261 e. The van der Waals surface area contributed by atoms with Crippen molar-refractivity contribution in [3.63, 3.8) is 0 Å². The molecule has 0 saturated carbocycles. The SMILES string of the molecule is C=C(CCC)C(=C)C(/N=C\C)=C(/C)CCCC. The molecule has 0 aromatic carbocycles. The van der Waals surface area contributed by atoms with Crippen LogP contribution < -0.4 is 0 Å². The molecule has 0 aromatic rings. The van der Waals surface area contributed by atoms with Crippen LogP contribution >= 0.6 is 0 Å². The molecule has 0 amide bonds. The highest BCUT2D eigenvalue weighted by molar-refractivity contribution is 5.59. The second kappa shape index (κ2) is 8.98. The Balaban J connectivity index is 4.95. The van der Waals surface area contributed by atoms with Gasteiger partial charge in [-0.1, -0.05) is 39.8 Å². The van der Waals surface area contributed by atoms with Crippen molar-refractivity contribution in [3.8, 4) is 0 Å². The number of aliphatic imine (C=N–C) groups is 1. The maximum absolute atomic E-state index is 4.47. The number of nitrogens with zero attached hydrogens (tertiary/aromatic N) is 1. The molecule has 0 spiro atoms. The highest BCUT2D eigenvalue weighted by Crippen LogP contribution is 2.26. The molecule has 0 N–H and O–H groups in total. The van der Waals surface area contributed by atoms with Crippen molar-refractivity contribution in [3.05, 3.63) is 35.6 Å². The zero-order valence-corrected chi connectivity index (χ0v) is 12.0. The summed E-state index contributed by atoms with van der Waals surface area (Å²) in [4.78, 5) is 4.47. The van der Waals surface area contributed by atoms with E-state index >= 15 is 0 Å². The van der Waals surface area contributed by atoms with Gasteiger partial charge in [-0.25, -0.2) is 0 Å². The molecule has 0 aromatic heterocycles. The van der Waals surface area contributed by atoms with Crippen molar-refractivity contribution in [2.24, 2.45) is 4.99 Å². The van der Waals surface area contributed by atoms with E-state index in [2.05, 4.69) is 38.9 Å². The fourth-order valence-electron chi connectivity index (χ4n) is 1.76. The van der Waals surface area contributed by atoms with Crippen LogP contribution in [0.2, 0.25) is 0 Å². The standard InChI is InChI=1S/C16H27N/c1-7-10-12-14(5)16(17-9-3)15(6)13(4)11-8-2/h9H,4,6-8,10-12H2,1-3,5H3/b16-14+,17-9-. The van der Waals surface area contributed by atoms with E-state index in [1.165, 1.54) is 18.4 Å². The molecule has 0 heterocycles. The minimum atomic E-state index is 1.00. The van der Waals surface area contributed by atoms with Gasteiger partial charge in [0.15, 0.2) is 0 Å². The summed E-state index contributed by atoms with van der Waals surface area (Å²) < 4.78 is 0. The first kappa shape index (κ1) is 15.9. The molecule has 17 heavy (non-hydrogen) atoms. The van der Waals surface area contributed by atoms with Crippen LogP contribution in [0.25, 0.3) is 0 Å². The quantitative estimate of drug-likeness (QED) is 0.390. The zero-order valence-electron chi connectivity index (χ0n) is 12.0. The molecule has 0 atom stereocenters. The average molecular weight is 233 g/mol. The lowest BCUT2D eigenvalue weighted by molar-refractivity contribution is 0.780. The third-order valence-corrected chi connectivity index (χ3v) is 2.83. The number of hydrogen-bond acceptors (Lipinski definition) is 1. The monoisotopic (exact) mass is 233 g/mol. The molecular weight excluding hydrogens is 206 g/mol. The molecule has 0 rings (SSSR count). The molecular formula is C16H27N. The van der Waals surface area contributed by atoms with E-state index in [-0.39, 0.29) is 0 Å². The van der Waals surface area contributed by atoms with Gasteiger partial charge in [0.2, 0.25) is 0 Å². The molecule has 0 saturated heterocycles. The van der Waals surface area contributed by atoms with Gasteiger partial charge in [0, 0.05) is 6.21 Å². The molecule has 96 valence electrons. The first-order valence-corrected chi connectivity index (χ1v) is 6.64. The van der Waals surface area contributed by atoms with Crippen LogP contribution in [0.5, 0.6) is 0 Å². The Morgan fingerprint density at radius 2 is 1.76 bits per heavy atom. The zero-order chi connectivity index (χ0) is 13.3. The lowest BCUT2D eigenvalue weighted by atomic mass is 9.97. The topological polar surface area (TPSA) is 12.4 Å². The van der Waals surface area contributed by atoms with Crippen LogP contribution in [0.1, 0.15) is 59.8 Å². The summed E-state index contributed by atoms with van der Waals surface area (Å²) in [5.41, 5.74) is 4.49. The second-order valence-electron chi connectivity index (χ2n) is 4.45. The molecule has 0 unspecified atom stereocenters. The van der Waals surface area contributed by atoms with Crippen molar-refractivity contribution < 1.29 is 0 Å². The number of hydrogen-bond donors (Lipinski definition) is 0. The van der Waals surface area contributed by atoms with E-state index in [0.29, 0.717) is 0 Å². The van der Waals surface area contributed by atoms with E-state index in [0.717, 1.165) is 36.1 Å². The van der Waals surface area contributed by atoms with Gasteiger partial charge in [0.25, 0.3) is 0 Å². The summed E-state index contributed by atoms with van der Waals surface area (Å²) in [6, 6.07) is 0. The summed E-state index contributed by atoms with van der Waals surface area (Å²) in [7, 11) is 0. The molecule has 0 aliphatic rings. The van der Waals surface area contributed by atoms with Gasteiger partial charge in [0.05, 0.1) is 5.70 Å². The predicted molar refractivity (Wildman–Crippen MR) is 79.6 cm³/mol. The molecule has 0 bridgehead atoms. The van der Waals surface area contributed by atoms with Crippen molar-refractivity contribution in [1.29, 1.82) is 0 Å². The fraction of sp³-hybridized carbons (Fsp3) is 0.562. The van der Waals surface area contributed by atoms with Crippen molar-refractivity contribution in [2.45, 2.75) is 59.8 Å². The first-order chi connectivity index (χ1) is 8.08. The van der Waals surface area contributed by atoms with Gasteiger partial charge in [-0.15, -0.1) is 0 Å². The fourth-order valence-corrected chi connectivity index (χ4v) is 1.76. The predicted octanol–water partition coefficient (Wildman–Crippen LogP) is 5.45. The number of allylic oxidation sites excluding steroid dienone is 2. The van der Waals surface area contributed by atoms with Gasteiger partial charge in [-0.05, 0) is 49.8 Å². The summed E-state index contributed by atoms with van der Waals surface area (Å²) >= 11 is 0. The van der Waals surface area contributed by atoms with E-state index < -0.39 is 0 Å². The van der Waals surface area contributed by atoms with E-state index in [1.807, 2.05) is 13.1 Å². The summed E-state index contributed by atoms with van der Waals surface area (Å²) in [6.45, 7) is 16.7. The highest BCUT2D eigenvalue weighted by Gasteiger charge is 2.08. The molecule has 0 radical (unpaired) electrons. The van der Waals surface area contributed by atoms with Crippen molar-refractivity contribution in [1.82, 2.24) is 0 Å².